The van der Waals surface area contributed by atoms with Crippen molar-refractivity contribution in [2.24, 2.45) is 5.41 Å². The van der Waals surface area contributed by atoms with Gasteiger partial charge in [0.15, 0.2) is 11.6 Å². The number of nitrogen functional groups attached to an aromatic ring is 1. The lowest BCUT2D eigenvalue weighted by Crippen LogP contribution is -2.61. The standard InChI is InChI=1S/C24H31FN6S/c1-4-16-19(25)21(30-10-6-8-23(2,3)12-30)29-22(28-16)31-13-24(14-31)9-5-7-17-18(24)15(11-26)20(27)32-17/h4-10,12-14,27H2,1-3H3. The summed E-state index contributed by atoms with van der Waals surface area (Å²) in [5.74, 6) is 0.782. The summed E-state index contributed by atoms with van der Waals surface area (Å²) < 4.78 is 15.3. The van der Waals surface area contributed by atoms with E-state index in [2.05, 4.69) is 34.7 Å². The van der Waals surface area contributed by atoms with Crippen LogP contribution in [0.5, 0.6) is 0 Å². The number of aromatic nitrogens is 2. The molecule has 5 rings (SSSR count). The quantitative estimate of drug-likeness (QED) is 0.740. The molecule has 2 saturated heterocycles. The molecule has 0 saturated carbocycles. The first-order chi connectivity index (χ1) is 15.3. The lowest BCUT2D eigenvalue weighted by Gasteiger charge is -2.52. The van der Waals surface area contributed by atoms with Crippen molar-refractivity contribution >= 4 is 28.1 Å². The van der Waals surface area contributed by atoms with Crippen LogP contribution in [0.1, 0.15) is 68.2 Å². The second kappa shape index (κ2) is 7.58. The van der Waals surface area contributed by atoms with Crippen LogP contribution in [-0.4, -0.2) is 36.1 Å². The summed E-state index contributed by atoms with van der Waals surface area (Å²) in [5, 5.41) is 10.3. The maximum absolute atomic E-state index is 15.3. The van der Waals surface area contributed by atoms with Crippen LogP contribution in [0.3, 0.4) is 0 Å². The van der Waals surface area contributed by atoms with Gasteiger partial charge >= 0.3 is 0 Å². The molecule has 0 amide bonds. The Hall–Kier alpha value is -2.40. The second-order valence-corrected chi connectivity index (χ2v) is 11.5. The number of nitriles is 1. The van der Waals surface area contributed by atoms with Crippen LogP contribution >= 0.6 is 11.3 Å². The number of hydrogen-bond donors (Lipinski definition) is 1. The minimum absolute atomic E-state index is 0.0653. The molecule has 0 unspecified atom stereocenters. The van der Waals surface area contributed by atoms with Crippen LogP contribution in [0.15, 0.2) is 0 Å². The molecular weight excluding hydrogens is 423 g/mol. The molecule has 2 fully saturated rings. The van der Waals surface area contributed by atoms with E-state index in [0.29, 0.717) is 34.4 Å². The Bertz CT molecular complexity index is 1090. The van der Waals surface area contributed by atoms with Crippen LogP contribution in [0, 0.1) is 22.6 Å². The lowest BCUT2D eigenvalue weighted by atomic mass is 9.66. The summed E-state index contributed by atoms with van der Waals surface area (Å²) in [6.07, 6.45) is 5.86. The van der Waals surface area contributed by atoms with Crippen molar-refractivity contribution in [3.05, 3.63) is 27.5 Å². The molecule has 170 valence electrons. The van der Waals surface area contributed by atoms with Crippen molar-refractivity contribution < 1.29 is 4.39 Å². The van der Waals surface area contributed by atoms with Crippen molar-refractivity contribution in [3.63, 3.8) is 0 Å². The summed E-state index contributed by atoms with van der Waals surface area (Å²) in [7, 11) is 0. The monoisotopic (exact) mass is 454 g/mol. The Morgan fingerprint density at radius 1 is 1.16 bits per heavy atom. The van der Waals surface area contributed by atoms with Gasteiger partial charge in [-0.25, -0.2) is 9.37 Å². The number of thiophene rings is 1. The zero-order chi connectivity index (χ0) is 22.7. The Balaban J connectivity index is 1.47. The zero-order valence-corrected chi connectivity index (χ0v) is 20.0. The van der Waals surface area contributed by atoms with Gasteiger partial charge in [-0.05, 0) is 49.5 Å². The van der Waals surface area contributed by atoms with Crippen molar-refractivity contribution in [1.82, 2.24) is 9.97 Å². The lowest BCUT2D eigenvalue weighted by molar-refractivity contribution is 0.280. The number of rotatable bonds is 3. The second-order valence-electron chi connectivity index (χ2n) is 10.4. The van der Waals surface area contributed by atoms with Gasteiger partial charge in [0.1, 0.15) is 11.1 Å². The van der Waals surface area contributed by atoms with Crippen LogP contribution in [0.4, 0.5) is 21.2 Å². The molecule has 8 heteroatoms. The number of halogens is 1. The molecule has 1 spiro atoms. The first-order valence-electron chi connectivity index (χ1n) is 11.6. The van der Waals surface area contributed by atoms with E-state index in [1.165, 1.54) is 4.88 Å². The van der Waals surface area contributed by atoms with E-state index in [-0.39, 0.29) is 16.6 Å². The molecule has 2 aromatic rings. The normalized spacial score (nSPS) is 21.2. The summed E-state index contributed by atoms with van der Waals surface area (Å²) in [6, 6.07) is 2.35. The highest BCUT2D eigenvalue weighted by atomic mass is 32.1. The molecule has 0 aromatic carbocycles. The van der Waals surface area contributed by atoms with Gasteiger partial charge in [-0.15, -0.1) is 11.3 Å². The maximum atomic E-state index is 15.3. The third-order valence-electron chi connectivity index (χ3n) is 7.41. The summed E-state index contributed by atoms with van der Waals surface area (Å²) >= 11 is 1.57. The minimum atomic E-state index is -0.276. The Kier molecular flexibility index (Phi) is 5.08. The molecule has 32 heavy (non-hydrogen) atoms. The molecule has 3 aliphatic rings. The van der Waals surface area contributed by atoms with E-state index in [1.807, 2.05) is 6.92 Å². The molecule has 4 heterocycles. The zero-order valence-electron chi connectivity index (χ0n) is 19.2. The highest BCUT2D eigenvalue weighted by molar-refractivity contribution is 7.16. The highest BCUT2D eigenvalue weighted by Gasteiger charge is 2.50. The summed E-state index contributed by atoms with van der Waals surface area (Å²) in [5.41, 5.74) is 8.55. The van der Waals surface area contributed by atoms with E-state index in [1.54, 1.807) is 11.3 Å². The molecule has 6 nitrogen and oxygen atoms in total. The van der Waals surface area contributed by atoms with Crippen LogP contribution in [0.2, 0.25) is 0 Å². The number of hydrogen-bond acceptors (Lipinski definition) is 7. The van der Waals surface area contributed by atoms with E-state index >= 15 is 4.39 Å². The van der Waals surface area contributed by atoms with E-state index in [9.17, 15) is 5.26 Å². The average Bonchev–Trinajstić information content (AvgIpc) is 3.07. The molecule has 2 N–H and O–H groups in total. The predicted octanol–water partition coefficient (Wildman–Crippen LogP) is 4.41. The van der Waals surface area contributed by atoms with Crippen molar-refractivity contribution in [2.75, 3.05) is 41.7 Å². The SMILES string of the molecule is CCc1nc(N2CC3(CCCc4sc(N)c(C#N)c43)C2)nc(N2CCCC(C)(C)C2)c1F. The number of fused-ring (bicyclic) bond motifs is 2. The van der Waals surface area contributed by atoms with Crippen molar-refractivity contribution in [3.8, 4) is 6.07 Å². The third kappa shape index (κ3) is 3.33. The van der Waals surface area contributed by atoms with Gasteiger partial charge in [-0.2, -0.15) is 10.2 Å². The summed E-state index contributed by atoms with van der Waals surface area (Å²) in [6.45, 7) is 9.55. The van der Waals surface area contributed by atoms with Gasteiger partial charge in [0.25, 0.3) is 0 Å². The number of nitrogens with zero attached hydrogens (tertiary/aromatic N) is 5. The Labute approximate surface area is 193 Å². The van der Waals surface area contributed by atoms with E-state index < -0.39 is 0 Å². The molecule has 1 aliphatic carbocycles. The fraction of sp³-hybridized carbons (Fsp3) is 0.625. The topological polar surface area (TPSA) is 82.1 Å². The Morgan fingerprint density at radius 2 is 1.94 bits per heavy atom. The van der Waals surface area contributed by atoms with Gasteiger partial charge in [-0.3, -0.25) is 0 Å². The van der Waals surface area contributed by atoms with Crippen molar-refractivity contribution in [2.45, 2.75) is 64.7 Å². The molecule has 0 radical (unpaired) electrons. The summed E-state index contributed by atoms with van der Waals surface area (Å²) in [4.78, 5) is 14.9. The smallest absolute Gasteiger partial charge is 0.227 e. The fourth-order valence-electron chi connectivity index (χ4n) is 5.86. The number of anilines is 3. The molecule has 2 aromatic heterocycles. The molecule has 2 aliphatic heterocycles. The van der Waals surface area contributed by atoms with Gasteiger partial charge in [0, 0.05) is 36.5 Å². The highest BCUT2D eigenvalue weighted by Crippen LogP contribution is 2.50. The maximum Gasteiger partial charge on any atom is 0.227 e. The van der Waals surface area contributed by atoms with Crippen LogP contribution in [0.25, 0.3) is 0 Å². The van der Waals surface area contributed by atoms with Gasteiger partial charge in [0.05, 0.1) is 11.3 Å². The van der Waals surface area contributed by atoms with Gasteiger partial charge in [-0.1, -0.05) is 20.8 Å². The van der Waals surface area contributed by atoms with Crippen molar-refractivity contribution in [1.29, 1.82) is 5.26 Å². The number of nitrogens with two attached hydrogens (primary N) is 1. The molecule has 0 atom stereocenters. The van der Waals surface area contributed by atoms with Crippen LogP contribution < -0.4 is 15.5 Å². The average molecular weight is 455 g/mol. The largest absolute Gasteiger partial charge is 0.389 e. The number of aryl methyl sites for hydroxylation is 2. The van der Waals surface area contributed by atoms with Crippen LogP contribution in [-0.2, 0) is 18.3 Å². The molecular formula is C24H31FN6S. The van der Waals surface area contributed by atoms with Gasteiger partial charge in [0.2, 0.25) is 5.95 Å². The van der Waals surface area contributed by atoms with E-state index in [4.69, 9.17) is 10.7 Å². The minimum Gasteiger partial charge on any atom is -0.389 e. The van der Waals surface area contributed by atoms with E-state index in [0.717, 1.165) is 63.8 Å². The third-order valence-corrected chi connectivity index (χ3v) is 8.48. The Morgan fingerprint density at radius 3 is 2.62 bits per heavy atom. The number of piperidine rings is 1. The fourth-order valence-corrected chi connectivity index (χ4v) is 7.04. The van der Waals surface area contributed by atoms with Gasteiger partial charge < -0.3 is 15.5 Å². The predicted molar refractivity (Wildman–Crippen MR) is 127 cm³/mol. The molecule has 0 bridgehead atoms. The first kappa shape index (κ1) is 21.4. The first-order valence-corrected chi connectivity index (χ1v) is 12.5.